The third-order valence-electron chi connectivity index (χ3n) is 2.81. The third kappa shape index (κ3) is 3.67. The van der Waals surface area contributed by atoms with Crippen LogP contribution in [0.15, 0.2) is 35.1 Å². The molecule has 1 heterocycles. The second-order valence-electron chi connectivity index (χ2n) is 4.50. The second kappa shape index (κ2) is 6.02. The molecule has 100 valence electrons. The highest BCUT2D eigenvalue weighted by molar-refractivity contribution is 9.10. The van der Waals surface area contributed by atoms with E-state index in [2.05, 4.69) is 26.3 Å². The van der Waals surface area contributed by atoms with Crippen molar-refractivity contribution in [1.82, 2.24) is 15.1 Å². The molecule has 1 aromatic heterocycles. The van der Waals surface area contributed by atoms with Gasteiger partial charge in [0.05, 0.1) is 12.7 Å². The molecule has 19 heavy (non-hydrogen) atoms. The molecule has 5 heteroatoms. The third-order valence-corrected chi connectivity index (χ3v) is 3.70. The second-order valence-corrected chi connectivity index (χ2v) is 5.35. The van der Waals surface area contributed by atoms with Crippen molar-refractivity contribution >= 4 is 21.8 Å². The van der Waals surface area contributed by atoms with E-state index in [0.29, 0.717) is 18.7 Å². The zero-order chi connectivity index (χ0) is 13.8. The van der Waals surface area contributed by atoms with Crippen LogP contribution >= 0.6 is 15.9 Å². The molecule has 0 bridgehead atoms. The Balaban J connectivity index is 1.89. The quantitative estimate of drug-likeness (QED) is 0.941. The van der Waals surface area contributed by atoms with Gasteiger partial charge in [0.1, 0.15) is 0 Å². The molecule has 4 nitrogen and oxygen atoms in total. The summed E-state index contributed by atoms with van der Waals surface area (Å²) in [5.41, 5.74) is 2.85. The molecule has 0 radical (unpaired) electrons. The first-order chi connectivity index (χ1) is 9.06. The number of halogens is 1. The number of nitrogens with zero attached hydrogens (tertiary/aromatic N) is 2. The molecule has 0 aliphatic carbocycles. The number of hydrogen-bond donors (Lipinski definition) is 1. The lowest BCUT2D eigenvalue weighted by atomic mass is 10.1. The number of nitrogens with one attached hydrogen (secondary N) is 1. The Morgan fingerprint density at radius 3 is 2.84 bits per heavy atom. The Labute approximate surface area is 120 Å². The molecule has 2 rings (SSSR count). The van der Waals surface area contributed by atoms with Gasteiger partial charge >= 0.3 is 0 Å². The molecule has 1 N–H and O–H groups in total. The summed E-state index contributed by atoms with van der Waals surface area (Å²) >= 11 is 3.42. The topological polar surface area (TPSA) is 46.9 Å². The van der Waals surface area contributed by atoms with Crippen molar-refractivity contribution in [2.24, 2.45) is 0 Å². The summed E-state index contributed by atoms with van der Waals surface area (Å²) in [6.07, 6.45) is 3.76. The maximum atomic E-state index is 11.9. The van der Waals surface area contributed by atoms with E-state index in [1.54, 1.807) is 6.20 Å². The smallest absolute Gasteiger partial charge is 0.251 e. The first-order valence-corrected chi connectivity index (χ1v) is 6.89. The lowest BCUT2D eigenvalue weighted by molar-refractivity contribution is 0.0952. The van der Waals surface area contributed by atoms with Gasteiger partial charge in [-0.15, -0.1) is 0 Å². The van der Waals surface area contributed by atoms with Crippen LogP contribution in [-0.2, 0) is 6.54 Å². The number of aromatic nitrogens is 2. The van der Waals surface area contributed by atoms with Gasteiger partial charge in [0.15, 0.2) is 0 Å². The van der Waals surface area contributed by atoms with E-state index >= 15 is 0 Å². The van der Waals surface area contributed by atoms with Gasteiger partial charge in [-0.3, -0.25) is 9.48 Å². The summed E-state index contributed by atoms with van der Waals surface area (Å²) in [4.78, 5) is 11.9. The fraction of sp³-hybridized carbons (Fsp3) is 0.286. The van der Waals surface area contributed by atoms with Crippen LogP contribution in [0.1, 0.15) is 21.5 Å². The number of hydrogen-bond acceptors (Lipinski definition) is 2. The van der Waals surface area contributed by atoms with Crippen LogP contribution in [0, 0.1) is 13.8 Å². The maximum Gasteiger partial charge on any atom is 0.251 e. The van der Waals surface area contributed by atoms with Crippen LogP contribution in [0.2, 0.25) is 0 Å². The van der Waals surface area contributed by atoms with Crippen LogP contribution in [0.3, 0.4) is 0 Å². The van der Waals surface area contributed by atoms with Crippen LogP contribution in [0.5, 0.6) is 0 Å². The van der Waals surface area contributed by atoms with Crippen molar-refractivity contribution in [1.29, 1.82) is 0 Å². The van der Waals surface area contributed by atoms with Crippen molar-refractivity contribution in [2.45, 2.75) is 20.4 Å². The van der Waals surface area contributed by atoms with E-state index < -0.39 is 0 Å². The molecule has 0 fully saturated rings. The number of rotatable bonds is 4. The minimum atomic E-state index is -0.0560. The predicted octanol–water partition coefficient (Wildman–Crippen LogP) is 2.69. The minimum Gasteiger partial charge on any atom is -0.350 e. The molecule has 0 unspecified atom stereocenters. The lowest BCUT2D eigenvalue weighted by Gasteiger charge is -2.07. The average molecular weight is 322 g/mol. The number of carbonyl (C=O) groups is 1. The highest BCUT2D eigenvalue weighted by atomic mass is 79.9. The number of benzene rings is 1. The van der Waals surface area contributed by atoms with Gasteiger partial charge in [0.2, 0.25) is 0 Å². The van der Waals surface area contributed by atoms with Crippen LogP contribution in [-0.4, -0.2) is 22.2 Å². The van der Waals surface area contributed by atoms with Gasteiger partial charge in [0.25, 0.3) is 5.91 Å². The molecule has 1 amide bonds. The zero-order valence-corrected chi connectivity index (χ0v) is 12.6. The van der Waals surface area contributed by atoms with Crippen molar-refractivity contribution in [3.8, 4) is 0 Å². The molecule has 0 saturated carbocycles. The minimum absolute atomic E-state index is 0.0560. The summed E-state index contributed by atoms with van der Waals surface area (Å²) < 4.78 is 2.83. The molecule has 0 saturated heterocycles. The fourth-order valence-corrected chi connectivity index (χ4v) is 2.01. The van der Waals surface area contributed by atoms with Crippen molar-refractivity contribution in [2.75, 3.05) is 6.54 Å². The van der Waals surface area contributed by atoms with Gasteiger partial charge in [-0.05, 0) is 43.2 Å². The molecular formula is C14H16BrN3O. The van der Waals surface area contributed by atoms with Crippen LogP contribution < -0.4 is 5.32 Å². The summed E-state index contributed by atoms with van der Waals surface area (Å²) in [7, 11) is 0. The highest BCUT2D eigenvalue weighted by Crippen LogP contribution is 2.16. The maximum absolute atomic E-state index is 11.9. The molecule has 0 atom stereocenters. The predicted molar refractivity (Wildman–Crippen MR) is 78.2 cm³/mol. The van der Waals surface area contributed by atoms with E-state index in [0.717, 1.165) is 15.6 Å². The van der Waals surface area contributed by atoms with Gasteiger partial charge < -0.3 is 5.32 Å². The summed E-state index contributed by atoms with van der Waals surface area (Å²) in [5.74, 6) is -0.0560. The number of amides is 1. The summed E-state index contributed by atoms with van der Waals surface area (Å²) in [6, 6.07) is 5.57. The molecular weight excluding hydrogens is 306 g/mol. The summed E-state index contributed by atoms with van der Waals surface area (Å²) in [6.45, 7) is 5.20. The van der Waals surface area contributed by atoms with Crippen LogP contribution in [0.4, 0.5) is 0 Å². The van der Waals surface area contributed by atoms with Gasteiger partial charge in [0, 0.05) is 22.8 Å². The normalized spacial score (nSPS) is 10.5. The van der Waals surface area contributed by atoms with Crippen molar-refractivity contribution in [3.05, 3.63) is 51.8 Å². The van der Waals surface area contributed by atoms with Gasteiger partial charge in [-0.25, -0.2) is 0 Å². The largest absolute Gasteiger partial charge is 0.350 e. The Hall–Kier alpha value is -1.62. The van der Waals surface area contributed by atoms with Crippen LogP contribution in [0.25, 0.3) is 0 Å². The molecule has 0 aliphatic rings. The molecule has 0 spiro atoms. The molecule has 1 aromatic carbocycles. The van der Waals surface area contributed by atoms with E-state index in [1.807, 2.05) is 42.9 Å². The summed E-state index contributed by atoms with van der Waals surface area (Å²) in [5, 5.41) is 7.06. The van der Waals surface area contributed by atoms with Crippen molar-refractivity contribution in [3.63, 3.8) is 0 Å². The average Bonchev–Trinajstić information content (AvgIpc) is 2.78. The number of aryl methyl sites for hydroxylation is 2. The lowest BCUT2D eigenvalue weighted by Crippen LogP contribution is -2.27. The highest BCUT2D eigenvalue weighted by Gasteiger charge is 2.06. The Kier molecular flexibility index (Phi) is 4.37. The molecule has 0 aliphatic heterocycles. The zero-order valence-electron chi connectivity index (χ0n) is 11.0. The Bertz CT molecular complexity index is 592. The van der Waals surface area contributed by atoms with E-state index in [4.69, 9.17) is 0 Å². The fourth-order valence-electron chi connectivity index (χ4n) is 1.76. The van der Waals surface area contributed by atoms with Crippen molar-refractivity contribution < 1.29 is 4.79 Å². The van der Waals surface area contributed by atoms with E-state index in [9.17, 15) is 4.79 Å². The molecule has 2 aromatic rings. The monoisotopic (exact) mass is 321 g/mol. The Morgan fingerprint density at radius 2 is 2.21 bits per heavy atom. The van der Waals surface area contributed by atoms with Gasteiger partial charge in [-0.1, -0.05) is 15.9 Å². The SMILES string of the molecule is Cc1cnn(CCNC(=O)c2ccc(Br)c(C)c2)c1. The van der Waals surface area contributed by atoms with E-state index in [-0.39, 0.29) is 5.91 Å². The number of carbonyl (C=O) groups excluding carboxylic acids is 1. The first kappa shape index (κ1) is 13.8. The first-order valence-electron chi connectivity index (χ1n) is 6.09. The standard InChI is InChI=1S/C14H16BrN3O/c1-10-8-17-18(9-10)6-5-16-14(19)12-3-4-13(15)11(2)7-12/h3-4,7-9H,5-6H2,1-2H3,(H,16,19). The Morgan fingerprint density at radius 1 is 1.42 bits per heavy atom. The van der Waals surface area contributed by atoms with E-state index in [1.165, 1.54) is 0 Å². The van der Waals surface area contributed by atoms with Gasteiger partial charge in [-0.2, -0.15) is 5.10 Å².